The highest BCUT2D eigenvalue weighted by atomic mass is 16.7. The number of hydrogen-bond donors (Lipinski definition) is 2. The van der Waals surface area contributed by atoms with Gasteiger partial charge in [-0.2, -0.15) is 0 Å². The second kappa shape index (κ2) is 9.11. The van der Waals surface area contributed by atoms with E-state index in [0.717, 1.165) is 5.56 Å². The molecular weight excluding hydrogens is 370 g/mol. The summed E-state index contributed by atoms with van der Waals surface area (Å²) in [5.41, 5.74) is 1.36. The standard InChI is InChI=1S/C23H27NO5/c1-23(2,3)24-13-18(25)14-27-19-8-6-17(7-9-19)20(26)10-4-16-5-11-21-22(12-16)29-15-28-21/h4-12,18,24-25H,13-15H2,1-3H3/b10-4+. The molecule has 0 radical (unpaired) electrons. The molecule has 2 aromatic carbocycles. The molecule has 3 rings (SSSR count). The zero-order chi connectivity index (χ0) is 20.9. The van der Waals surface area contributed by atoms with E-state index in [1.165, 1.54) is 6.08 Å². The molecule has 1 aliphatic rings. The summed E-state index contributed by atoms with van der Waals surface area (Å²) in [5.74, 6) is 1.89. The maximum atomic E-state index is 12.4. The number of ether oxygens (including phenoxy) is 3. The van der Waals surface area contributed by atoms with Gasteiger partial charge in [0.05, 0.1) is 0 Å². The van der Waals surface area contributed by atoms with Gasteiger partial charge in [0.1, 0.15) is 18.5 Å². The molecule has 1 unspecified atom stereocenters. The number of aliphatic hydroxyl groups excluding tert-OH is 1. The molecule has 0 amide bonds. The lowest BCUT2D eigenvalue weighted by atomic mass is 10.1. The molecule has 2 aromatic rings. The van der Waals surface area contributed by atoms with Crippen LogP contribution in [0.3, 0.4) is 0 Å². The highest BCUT2D eigenvalue weighted by Crippen LogP contribution is 2.32. The van der Waals surface area contributed by atoms with Gasteiger partial charge in [0.2, 0.25) is 6.79 Å². The SMILES string of the molecule is CC(C)(C)NCC(O)COc1ccc(C(=O)/C=C/c2ccc3c(c2)OCO3)cc1. The molecule has 0 saturated heterocycles. The minimum atomic E-state index is -0.611. The molecule has 29 heavy (non-hydrogen) atoms. The van der Waals surface area contributed by atoms with Crippen molar-refractivity contribution in [2.75, 3.05) is 19.9 Å². The number of ketones is 1. The van der Waals surface area contributed by atoms with Crippen LogP contribution in [0, 0.1) is 0 Å². The van der Waals surface area contributed by atoms with Crippen molar-refractivity contribution in [3.05, 3.63) is 59.7 Å². The van der Waals surface area contributed by atoms with E-state index in [2.05, 4.69) is 5.32 Å². The number of aliphatic hydroxyl groups is 1. The molecule has 2 N–H and O–H groups in total. The Morgan fingerprint density at radius 2 is 1.90 bits per heavy atom. The molecule has 1 aliphatic heterocycles. The third-order valence-electron chi connectivity index (χ3n) is 4.27. The van der Waals surface area contributed by atoms with E-state index in [9.17, 15) is 9.90 Å². The molecule has 1 heterocycles. The fraction of sp³-hybridized carbons (Fsp3) is 0.348. The molecule has 154 valence electrons. The van der Waals surface area contributed by atoms with Crippen molar-refractivity contribution in [1.29, 1.82) is 0 Å². The largest absolute Gasteiger partial charge is 0.491 e. The number of carbonyl (C=O) groups excluding carboxylic acids is 1. The fourth-order valence-corrected chi connectivity index (χ4v) is 2.68. The summed E-state index contributed by atoms with van der Waals surface area (Å²) >= 11 is 0. The molecule has 0 bridgehead atoms. The van der Waals surface area contributed by atoms with E-state index in [4.69, 9.17) is 14.2 Å². The highest BCUT2D eigenvalue weighted by Gasteiger charge is 2.13. The van der Waals surface area contributed by atoms with Gasteiger partial charge in [-0.15, -0.1) is 0 Å². The van der Waals surface area contributed by atoms with Crippen molar-refractivity contribution in [3.63, 3.8) is 0 Å². The maximum absolute atomic E-state index is 12.4. The first-order valence-corrected chi connectivity index (χ1v) is 9.58. The van der Waals surface area contributed by atoms with Crippen molar-refractivity contribution < 1.29 is 24.1 Å². The van der Waals surface area contributed by atoms with Gasteiger partial charge in [-0.25, -0.2) is 0 Å². The van der Waals surface area contributed by atoms with E-state index in [1.54, 1.807) is 30.3 Å². The molecule has 0 saturated carbocycles. The molecule has 0 fully saturated rings. The Bertz CT molecular complexity index is 868. The van der Waals surface area contributed by atoms with Crippen LogP contribution in [-0.4, -0.2) is 42.5 Å². The first-order chi connectivity index (χ1) is 13.8. The monoisotopic (exact) mass is 397 g/mol. The molecule has 0 aromatic heterocycles. The number of benzene rings is 2. The van der Waals surface area contributed by atoms with Crippen LogP contribution < -0.4 is 19.5 Å². The van der Waals surface area contributed by atoms with E-state index < -0.39 is 6.10 Å². The normalized spacial score (nSPS) is 14.2. The quantitative estimate of drug-likeness (QED) is 0.525. The van der Waals surface area contributed by atoms with E-state index in [1.807, 2.05) is 39.0 Å². The lowest BCUT2D eigenvalue weighted by Crippen LogP contribution is -2.42. The number of rotatable bonds is 8. The summed E-state index contributed by atoms with van der Waals surface area (Å²) in [4.78, 5) is 12.4. The molecule has 0 spiro atoms. The Hall–Kier alpha value is -2.83. The van der Waals surface area contributed by atoms with Crippen LogP contribution in [0.1, 0.15) is 36.7 Å². The summed E-state index contributed by atoms with van der Waals surface area (Å²) in [6.45, 7) is 6.97. The Kier molecular flexibility index (Phi) is 6.56. The highest BCUT2D eigenvalue weighted by molar-refractivity contribution is 6.06. The van der Waals surface area contributed by atoms with Gasteiger partial charge in [0.15, 0.2) is 17.3 Å². The summed E-state index contributed by atoms with van der Waals surface area (Å²) in [7, 11) is 0. The van der Waals surface area contributed by atoms with Gasteiger partial charge < -0.3 is 24.6 Å². The van der Waals surface area contributed by atoms with Gasteiger partial charge >= 0.3 is 0 Å². The lowest BCUT2D eigenvalue weighted by Gasteiger charge is -2.22. The average molecular weight is 397 g/mol. The van der Waals surface area contributed by atoms with Crippen LogP contribution in [0.15, 0.2) is 48.5 Å². The second-order valence-corrected chi connectivity index (χ2v) is 7.93. The van der Waals surface area contributed by atoms with Crippen molar-refractivity contribution in [2.45, 2.75) is 32.4 Å². The Morgan fingerprint density at radius 1 is 1.17 bits per heavy atom. The number of β-amino-alcohol motifs (C(OH)–C–C–N with tert-alkyl or cyclic N) is 1. The Balaban J connectivity index is 1.51. The van der Waals surface area contributed by atoms with Crippen LogP contribution in [0.25, 0.3) is 6.08 Å². The zero-order valence-corrected chi connectivity index (χ0v) is 17.0. The van der Waals surface area contributed by atoms with Crippen molar-refractivity contribution in [3.8, 4) is 17.2 Å². The first-order valence-electron chi connectivity index (χ1n) is 9.58. The third kappa shape index (κ3) is 6.34. The molecular formula is C23H27NO5. The summed E-state index contributed by atoms with van der Waals surface area (Å²) in [6, 6.07) is 12.4. The van der Waals surface area contributed by atoms with Crippen LogP contribution in [0.4, 0.5) is 0 Å². The van der Waals surface area contributed by atoms with Crippen LogP contribution in [0.2, 0.25) is 0 Å². The van der Waals surface area contributed by atoms with E-state index in [-0.39, 0.29) is 24.7 Å². The zero-order valence-electron chi connectivity index (χ0n) is 17.0. The number of nitrogens with one attached hydrogen (secondary N) is 1. The van der Waals surface area contributed by atoms with Crippen LogP contribution >= 0.6 is 0 Å². The number of allylic oxidation sites excluding steroid dienone is 1. The number of hydrogen-bond acceptors (Lipinski definition) is 6. The van der Waals surface area contributed by atoms with Gasteiger partial charge in [-0.1, -0.05) is 12.1 Å². The number of fused-ring (bicyclic) bond motifs is 1. The van der Waals surface area contributed by atoms with E-state index in [0.29, 0.717) is 29.4 Å². The smallest absolute Gasteiger partial charge is 0.231 e. The van der Waals surface area contributed by atoms with Gasteiger partial charge in [-0.3, -0.25) is 4.79 Å². The Labute approximate surface area is 171 Å². The summed E-state index contributed by atoms with van der Waals surface area (Å²) in [5, 5.41) is 13.2. The van der Waals surface area contributed by atoms with Crippen molar-refractivity contribution >= 4 is 11.9 Å². The average Bonchev–Trinajstić information content (AvgIpc) is 3.16. The molecule has 6 nitrogen and oxygen atoms in total. The topological polar surface area (TPSA) is 77.0 Å². The van der Waals surface area contributed by atoms with Crippen molar-refractivity contribution in [1.82, 2.24) is 5.32 Å². The minimum absolute atomic E-state index is 0.0584. The fourth-order valence-electron chi connectivity index (χ4n) is 2.68. The van der Waals surface area contributed by atoms with Gasteiger partial charge in [0, 0.05) is 17.6 Å². The molecule has 0 aliphatic carbocycles. The first kappa shape index (κ1) is 20.9. The predicted molar refractivity (Wildman–Crippen MR) is 112 cm³/mol. The lowest BCUT2D eigenvalue weighted by molar-refractivity contribution is 0.0999. The van der Waals surface area contributed by atoms with E-state index >= 15 is 0 Å². The maximum Gasteiger partial charge on any atom is 0.231 e. The molecule has 6 heteroatoms. The van der Waals surface area contributed by atoms with Crippen LogP contribution in [0.5, 0.6) is 17.2 Å². The summed E-state index contributed by atoms with van der Waals surface area (Å²) < 4.78 is 16.2. The third-order valence-corrected chi connectivity index (χ3v) is 4.27. The minimum Gasteiger partial charge on any atom is -0.491 e. The molecule has 1 atom stereocenters. The van der Waals surface area contributed by atoms with Gasteiger partial charge in [0.25, 0.3) is 0 Å². The second-order valence-electron chi connectivity index (χ2n) is 7.93. The van der Waals surface area contributed by atoms with Crippen molar-refractivity contribution in [2.24, 2.45) is 0 Å². The summed E-state index contributed by atoms with van der Waals surface area (Å²) in [6.07, 6.45) is 2.66. The van der Waals surface area contributed by atoms with Gasteiger partial charge in [-0.05, 0) is 68.8 Å². The van der Waals surface area contributed by atoms with Crippen LogP contribution in [-0.2, 0) is 0 Å². The predicted octanol–water partition coefficient (Wildman–Crippen LogP) is 3.44. The number of carbonyl (C=O) groups is 1. The Morgan fingerprint density at radius 3 is 2.62 bits per heavy atom.